The highest BCUT2D eigenvalue weighted by Gasteiger charge is 2.33. The zero-order valence-electron chi connectivity index (χ0n) is 20.5. The summed E-state index contributed by atoms with van der Waals surface area (Å²) in [6.45, 7) is 4.74. The van der Waals surface area contributed by atoms with Crippen molar-refractivity contribution in [2.75, 3.05) is 24.9 Å². The molecule has 0 aliphatic rings. The van der Waals surface area contributed by atoms with E-state index in [1.807, 2.05) is 26.0 Å². The summed E-state index contributed by atoms with van der Waals surface area (Å²) in [7, 11) is -1.62. The van der Waals surface area contributed by atoms with Crippen molar-refractivity contribution in [3.05, 3.63) is 64.4 Å². The second-order valence-corrected chi connectivity index (χ2v) is 11.4. The maximum Gasteiger partial charge on any atom is 0.304 e. The lowest BCUT2D eigenvalue weighted by atomic mass is 10.1. The van der Waals surface area contributed by atoms with E-state index in [-0.39, 0.29) is 24.2 Å². The summed E-state index contributed by atoms with van der Waals surface area (Å²) in [6, 6.07) is 11.6. The van der Waals surface area contributed by atoms with Gasteiger partial charge in [0.25, 0.3) is 0 Å². The van der Waals surface area contributed by atoms with E-state index in [1.54, 1.807) is 19.1 Å². The molecule has 192 valence electrons. The van der Waals surface area contributed by atoms with Crippen molar-refractivity contribution in [2.24, 2.45) is 0 Å². The van der Waals surface area contributed by atoms with Gasteiger partial charge in [-0.2, -0.15) is 12.7 Å². The molecular weight excluding hydrogens is 539 g/mol. The van der Waals surface area contributed by atoms with Crippen LogP contribution in [0.15, 0.2) is 53.0 Å². The molecule has 2 aromatic carbocycles. The number of anilines is 1. The van der Waals surface area contributed by atoms with Crippen molar-refractivity contribution < 1.29 is 22.4 Å². The minimum atomic E-state index is -4.22. The minimum absolute atomic E-state index is 0.0560. The Labute approximate surface area is 215 Å². The fourth-order valence-corrected chi connectivity index (χ4v) is 4.75. The maximum absolute atomic E-state index is 14.6. The molecule has 2 amide bonds. The number of para-hydroxylation sites is 1. The number of carbonyl (C=O) groups excluding carboxylic acids is 2. The molecule has 0 saturated heterocycles. The molecule has 0 bridgehead atoms. The zero-order chi connectivity index (χ0) is 26.3. The molecule has 0 unspecified atom stereocenters. The molecule has 2 rings (SSSR count). The van der Waals surface area contributed by atoms with E-state index in [4.69, 9.17) is 0 Å². The van der Waals surface area contributed by atoms with Gasteiger partial charge in [-0.15, -0.1) is 0 Å². The summed E-state index contributed by atoms with van der Waals surface area (Å²) in [5, 5.41) is 2.86. The van der Waals surface area contributed by atoms with E-state index in [0.717, 1.165) is 24.7 Å². The molecule has 2 atom stereocenters. The quantitative estimate of drug-likeness (QED) is 0.447. The maximum atomic E-state index is 14.6. The average Bonchev–Trinajstić information content (AvgIpc) is 2.80. The summed E-state index contributed by atoms with van der Waals surface area (Å²) in [5.74, 6) is -1.80. The van der Waals surface area contributed by atoms with Crippen LogP contribution in [0.4, 0.5) is 10.1 Å². The number of hydrogen-bond acceptors (Lipinski definition) is 4. The first-order valence-electron chi connectivity index (χ1n) is 11.2. The van der Waals surface area contributed by atoms with Gasteiger partial charge in [-0.1, -0.05) is 47.1 Å². The molecule has 0 spiro atoms. The van der Waals surface area contributed by atoms with Gasteiger partial charge in [0.1, 0.15) is 18.4 Å². The molecule has 1 N–H and O–H groups in total. The van der Waals surface area contributed by atoms with Crippen molar-refractivity contribution in [3.63, 3.8) is 0 Å². The number of amides is 2. The van der Waals surface area contributed by atoms with Crippen LogP contribution in [-0.4, -0.2) is 62.2 Å². The number of nitrogens with zero attached hydrogens (tertiary/aromatic N) is 3. The van der Waals surface area contributed by atoms with Crippen molar-refractivity contribution >= 4 is 43.6 Å². The predicted octanol–water partition coefficient (Wildman–Crippen LogP) is 3.53. The fourth-order valence-electron chi connectivity index (χ4n) is 3.24. The van der Waals surface area contributed by atoms with Gasteiger partial charge in [-0.05, 0) is 50.1 Å². The fraction of sp³-hybridized carbons (Fsp3) is 0.417. The van der Waals surface area contributed by atoms with Gasteiger partial charge < -0.3 is 10.2 Å². The number of carbonyl (C=O) groups is 2. The third-order valence-electron chi connectivity index (χ3n) is 5.55. The molecule has 0 saturated carbocycles. The molecule has 2 aromatic rings. The highest BCUT2D eigenvalue weighted by atomic mass is 79.9. The largest absolute Gasteiger partial charge is 0.352 e. The lowest BCUT2D eigenvalue weighted by Gasteiger charge is -2.33. The molecule has 0 radical (unpaired) electrons. The Morgan fingerprint density at radius 1 is 1.09 bits per heavy atom. The Morgan fingerprint density at radius 3 is 2.31 bits per heavy atom. The third-order valence-corrected chi connectivity index (χ3v) is 7.85. The van der Waals surface area contributed by atoms with Gasteiger partial charge in [0.15, 0.2) is 0 Å². The molecule has 0 aromatic heterocycles. The Kier molecular flexibility index (Phi) is 10.2. The molecule has 8 nitrogen and oxygen atoms in total. The summed E-state index contributed by atoms with van der Waals surface area (Å²) < 4.78 is 43.2. The summed E-state index contributed by atoms with van der Waals surface area (Å²) in [4.78, 5) is 27.8. The normalized spacial score (nSPS) is 13.3. The van der Waals surface area contributed by atoms with Crippen LogP contribution in [0.3, 0.4) is 0 Å². The first kappa shape index (κ1) is 28.7. The van der Waals surface area contributed by atoms with Gasteiger partial charge in [0, 0.05) is 31.2 Å². The molecule has 11 heteroatoms. The van der Waals surface area contributed by atoms with Crippen molar-refractivity contribution in [1.82, 2.24) is 14.5 Å². The van der Waals surface area contributed by atoms with Gasteiger partial charge in [0.05, 0.1) is 5.69 Å². The molecule has 35 heavy (non-hydrogen) atoms. The van der Waals surface area contributed by atoms with Crippen LogP contribution in [0.1, 0.15) is 32.8 Å². The summed E-state index contributed by atoms with van der Waals surface area (Å²) >= 11 is 3.40. The van der Waals surface area contributed by atoms with E-state index in [9.17, 15) is 22.4 Å². The second kappa shape index (κ2) is 12.5. The summed E-state index contributed by atoms with van der Waals surface area (Å²) in [6.07, 6.45) is 0.709. The highest BCUT2D eigenvalue weighted by Crippen LogP contribution is 2.24. The van der Waals surface area contributed by atoms with Crippen LogP contribution in [0.5, 0.6) is 0 Å². The highest BCUT2D eigenvalue weighted by molar-refractivity contribution is 9.10. The van der Waals surface area contributed by atoms with E-state index < -0.39 is 34.5 Å². The van der Waals surface area contributed by atoms with E-state index >= 15 is 0 Å². The monoisotopic (exact) mass is 570 g/mol. The Balaban J connectivity index is 2.47. The third kappa shape index (κ3) is 7.49. The minimum Gasteiger partial charge on any atom is -0.352 e. The van der Waals surface area contributed by atoms with E-state index in [2.05, 4.69) is 21.2 Å². The van der Waals surface area contributed by atoms with Gasteiger partial charge >= 0.3 is 10.2 Å². The SMILES string of the molecule is CC[C@@H](C)NC(=O)[C@H](C)N(Cc1cccc(Br)c1)C(=O)CN(c1ccccc1F)S(=O)(=O)N(C)C. The van der Waals surface area contributed by atoms with Crippen molar-refractivity contribution in [1.29, 1.82) is 0 Å². The van der Waals surface area contributed by atoms with Crippen molar-refractivity contribution in [3.8, 4) is 0 Å². The van der Waals surface area contributed by atoms with Gasteiger partial charge in [0.2, 0.25) is 11.8 Å². The van der Waals surface area contributed by atoms with E-state index in [0.29, 0.717) is 6.42 Å². The van der Waals surface area contributed by atoms with Crippen LogP contribution in [0.25, 0.3) is 0 Å². The standard InChI is InChI=1S/C24H32BrFN4O4S/c1-6-17(2)27-24(32)18(3)29(15-19-10-9-11-20(25)14-19)23(31)16-30(35(33,34)28(4)5)22-13-8-7-12-21(22)26/h7-14,17-18H,6,15-16H2,1-5H3,(H,27,32)/t17-,18+/m1/s1. The Bertz CT molecular complexity index is 1150. The van der Waals surface area contributed by atoms with Crippen LogP contribution in [-0.2, 0) is 26.3 Å². The second-order valence-electron chi connectivity index (χ2n) is 8.39. The molecule has 0 aliphatic carbocycles. The first-order chi connectivity index (χ1) is 16.4. The van der Waals surface area contributed by atoms with Crippen LogP contribution in [0, 0.1) is 5.82 Å². The van der Waals surface area contributed by atoms with E-state index in [1.165, 1.54) is 37.2 Å². The van der Waals surface area contributed by atoms with Crippen molar-refractivity contribution in [2.45, 2.75) is 45.8 Å². The Morgan fingerprint density at radius 2 is 1.74 bits per heavy atom. The molecular formula is C24H32BrFN4O4S. The number of rotatable bonds is 11. The number of benzene rings is 2. The lowest BCUT2D eigenvalue weighted by Crippen LogP contribution is -2.53. The topological polar surface area (TPSA) is 90.0 Å². The molecule has 0 heterocycles. The lowest BCUT2D eigenvalue weighted by molar-refractivity contribution is -0.139. The Hall–Kier alpha value is -2.50. The predicted molar refractivity (Wildman–Crippen MR) is 138 cm³/mol. The van der Waals surface area contributed by atoms with Crippen LogP contribution in [0.2, 0.25) is 0 Å². The molecule has 0 fully saturated rings. The zero-order valence-corrected chi connectivity index (χ0v) is 22.9. The van der Waals surface area contributed by atoms with Crippen LogP contribution >= 0.6 is 15.9 Å². The smallest absolute Gasteiger partial charge is 0.304 e. The van der Waals surface area contributed by atoms with Gasteiger partial charge in [-0.25, -0.2) is 8.70 Å². The summed E-state index contributed by atoms with van der Waals surface area (Å²) in [5.41, 5.74) is 0.484. The first-order valence-corrected chi connectivity index (χ1v) is 13.4. The van der Waals surface area contributed by atoms with Gasteiger partial charge in [-0.3, -0.25) is 9.59 Å². The number of hydrogen-bond donors (Lipinski definition) is 1. The number of halogens is 2. The number of nitrogens with one attached hydrogen (secondary N) is 1. The average molecular weight is 572 g/mol. The molecule has 0 aliphatic heterocycles. The van der Waals surface area contributed by atoms with Crippen LogP contribution < -0.4 is 9.62 Å².